The van der Waals surface area contributed by atoms with Crippen molar-refractivity contribution in [3.8, 4) is 11.4 Å². The summed E-state index contributed by atoms with van der Waals surface area (Å²) >= 11 is 5.79. The van der Waals surface area contributed by atoms with Crippen molar-refractivity contribution in [2.45, 2.75) is 32.6 Å². The summed E-state index contributed by atoms with van der Waals surface area (Å²) in [6, 6.07) is 6.87. The summed E-state index contributed by atoms with van der Waals surface area (Å²) in [5.74, 6) is 0.690. The smallest absolute Gasteiger partial charge is 0.365 e. The molecule has 0 aliphatic heterocycles. The Morgan fingerprint density at radius 3 is 2.48 bits per heavy atom. The molecule has 2 heterocycles. The maximum absolute atomic E-state index is 13.1. The summed E-state index contributed by atoms with van der Waals surface area (Å²) in [5.41, 5.74) is 1.04. The lowest BCUT2D eigenvalue weighted by atomic mass is 10.1. The van der Waals surface area contributed by atoms with Crippen molar-refractivity contribution in [3.05, 3.63) is 58.8 Å². The average molecular weight is 423 g/mol. The minimum Gasteiger partial charge on any atom is -0.365 e. The van der Waals surface area contributed by atoms with Crippen LogP contribution in [0.15, 0.2) is 36.7 Å². The molecule has 0 bridgehead atoms. The Labute approximate surface area is 170 Å². The lowest BCUT2D eigenvalue weighted by molar-refractivity contribution is -0.140. The van der Waals surface area contributed by atoms with Gasteiger partial charge in [0.15, 0.2) is 5.69 Å². The van der Waals surface area contributed by atoms with E-state index in [1.54, 1.807) is 38.1 Å². The van der Waals surface area contributed by atoms with Gasteiger partial charge in [0.25, 0.3) is 0 Å². The van der Waals surface area contributed by atoms with E-state index in [2.05, 4.69) is 20.3 Å². The third-order valence-electron chi connectivity index (χ3n) is 4.19. The molecule has 2 N–H and O–H groups in total. The van der Waals surface area contributed by atoms with E-state index in [0.717, 1.165) is 18.0 Å². The number of hydrogen-bond acceptors (Lipinski definition) is 5. The number of aromatic nitrogens is 4. The predicted molar refractivity (Wildman–Crippen MR) is 105 cm³/mol. The van der Waals surface area contributed by atoms with Gasteiger partial charge in [-0.1, -0.05) is 24.3 Å². The normalized spacial score (nSPS) is 11.7. The number of hydrogen-bond donors (Lipinski definition) is 2. The molecule has 0 saturated heterocycles. The van der Waals surface area contributed by atoms with Gasteiger partial charge in [0.1, 0.15) is 11.6 Å². The fourth-order valence-corrected chi connectivity index (χ4v) is 2.85. The first kappa shape index (κ1) is 20.8. The molecular formula is C19H18ClF3N6. The van der Waals surface area contributed by atoms with Gasteiger partial charge < -0.3 is 15.3 Å². The molecular weight excluding hydrogens is 405 g/mol. The third kappa shape index (κ3) is 4.73. The molecule has 2 aromatic heterocycles. The van der Waals surface area contributed by atoms with E-state index in [1.807, 2.05) is 0 Å². The van der Waals surface area contributed by atoms with Crippen molar-refractivity contribution in [2.75, 3.05) is 5.32 Å². The van der Waals surface area contributed by atoms with Gasteiger partial charge in [-0.15, -0.1) is 0 Å². The zero-order valence-electron chi connectivity index (χ0n) is 15.6. The van der Waals surface area contributed by atoms with Crippen LogP contribution in [0.1, 0.15) is 36.7 Å². The highest BCUT2D eigenvalue weighted by atomic mass is 35.5. The number of rotatable bonds is 6. The van der Waals surface area contributed by atoms with Crippen LogP contribution in [0, 0.1) is 5.41 Å². The summed E-state index contributed by atoms with van der Waals surface area (Å²) in [5, 5.41) is 10.5. The maximum Gasteiger partial charge on any atom is 0.434 e. The van der Waals surface area contributed by atoms with Crippen LogP contribution < -0.4 is 5.32 Å². The second-order valence-electron chi connectivity index (χ2n) is 6.59. The van der Waals surface area contributed by atoms with Crippen LogP contribution in [-0.4, -0.2) is 25.7 Å². The number of nitrogens with zero attached hydrogens (tertiary/aromatic N) is 4. The number of halogens is 4. The van der Waals surface area contributed by atoms with Gasteiger partial charge in [0.05, 0.1) is 5.56 Å². The van der Waals surface area contributed by atoms with E-state index >= 15 is 0 Å². The fraction of sp³-hybridized carbons (Fsp3) is 0.263. The zero-order valence-corrected chi connectivity index (χ0v) is 16.4. The Bertz CT molecular complexity index is 1010. The summed E-state index contributed by atoms with van der Waals surface area (Å²) in [7, 11) is 0. The standard InChI is InChI=1S/C19H18ClF3N6/c1-11(2)29-10-15(19(21,22)23)27-17(29)13-5-3-12(4-6-13)8-25-16-14(7-24)9-26-18(20)28-16/h3-7,9-11,24H,8H2,1-2H3,(H,25,26,28). The molecule has 0 amide bonds. The van der Waals surface area contributed by atoms with Gasteiger partial charge in [-0.05, 0) is 31.0 Å². The van der Waals surface area contributed by atoms with Crippen molar-refractivity contribution in [1.29, 1.82) is 5.41 Å². The lowest BCUT2D eigenvalue weighted by Crippen LogP contribution is -2.05. The molecule has 1 aromatic carbocycles. The number of imidazole rings is 1. The van der Waals surface area contributed by atoms with E-state index in [0.29, 0.717) is 23.5 Å². The number of nitrogens with one attached hydrogen (secondary N) is 2. The minimum absolute atomic E-state index is 0.0643. The van der Waals surface area contributed by atoms with E-state index in [1.165, 1.54) is 10.8 Å². The van der Waals surface area contributed by atoms with E-state index in [9.17, 15) is 13.2 Å². The molecule has 0 atom stereocenters. The Morgan fingerprint density at radius 1 is 1.21 bits per heavy atom. The molecule has 0 aliphatic carbocycles. The van der Waals surface area contributed by atoms with Gasteiger partial charge in [-0.3, -0.25) is 0 Å². The first-order valence-corrected chi connectivity index (χ1v) is 9.09. The molecule has 6 nitrogen and oxygen atoms in total. The Balaban J connectivity index is 1.82. The molecule has 3 aromatic rings. The highest BCUT2D eigenvalue weighted by molar-refractivity contribution is 6.28. The van der Waals surface area contributed by atoms with Gasteiger partial charge in [-0.25, -0.2) is 15.0 Å². The molecule has 0 unspecified atom stereocenters. The van der Waals surface area contributed by atoms with Crippen LogP contribution in [0.2, 0.25) is 5.28 Å². The molecule has 152 valence electrons. The van der Waals surface area contributed by atoms with Crippen LogP contribution in [0.5, 0.6) is 0 Å². The summed E-state index contributed by atoms with van der Waals surface area (Å²) in [4.78, 5) is 11.7. The Morgan fingerprint density at radius 2 is 1.90 bits per heavy atom. The summed E-state index contributed by atoms with van der Waals surface area (Å²) in [6.45, 7) is 4.00. The first-order chi connectivity index (χ1) is 13.7. The van der Waals surface area contributed by atoms with Crippen molar-refractivity contribution in [2.24, 2.45) is 0 Å². The maximum atomic E-state index is 13.1. The number of anilines is 1. The van der Waals surface area contributed by atoms with Crippen molar-refractivity contribution >= 4 is 23.6 Å². The van der Waals surface area contributed by atoms with Gasteiger partial charge >= 0.3 is 6.18 Å². The van der Waals surface area contributed by atoms with E-state index in [4.69, 9.17) is 17.0 Å². The highest BCUT2D eigenvalue weighted by Crippen LogP contribution is 2.32. The van der Waals surface area contributed by atoms with Crippen LogP contribution in [0.25, 0.3) is 11.4 Å². The van der Waals surface area contributed by atoms with Gasteiger partial charge in [0.2, 0.25) is 5.28 Å². The molecule has 0 saturated carbocycles. The zero-order chi connectivity index (χ0) is 21.2. The van der Waals surface area contributed by atoms with Gasteiger partial charge in [-0.2, -0.15) is 13.2 Å². The molecule has 3 rings (SSSR count). The minimum atomic E-state index is -4.50. The lowest BCUT2D eigenvalue weighted by Gasteiger charge is -2.12. The summed E-state index contributed by atoms with van der Waals surface area (Å²) in [6.07, 6.45) is -0.902. The molecule has 0 radical (unpaired) electrons. The fourth-order valence-electron chi connectivity index (χ4n) is 2.71. The molecule has 10 heteroatoms. The van der Waals surface area contributed by atoms with Crippen LogP contribution in [0.4, 0.5) is 19.0 Å². The first-order valence-electron chi connectivity index (χ1n) is 8.71. The van der Waals surface area contributed by atoms with E-state index < -0.39 is 11.9 Å². The number of alkyl halides is 3. The average Bonchev–Trinajstić information content (AvgIpc) is 3.13. The van der Waals surface area contributed by atoms with Crippen LogP contribution in [0.3, 0.4) is 0 Å². The SMILES string of the molecule is CC(C)n1cc(C(F)(F)F)nc1-c1ccc(CNc2nc(Cl)ncc2C=N)cc1. The van der Waals surface area contributed by atoms with Gasteiger partial charge in [0, 0.05) is 36.8 Å². The monoisotopic (exact) mass is 422 g/mol. The van der Waals surface area contributed by atoms with Crippen molar-refractivity contribution in [1.82, 2.24) is 19.5 Å². The molecule has 0 spiro atoms. The second kappa shape index (κ2) is 8.20. The van der Waals surface area contributed by atoms with Crippen molar-refractivity contribution in [3.63, 3.8) is 0 Å². The number of benzene rings is 1. The Hall–Kier alpha value is -2.94. The topological polar surface area (TPSA) is 79.5 Å². The van der Waals surface area contributed by atoms with Crippen LogP contribution in [-0.2, 0) is 12.7 Å². The highest BCUT2D eigenvalue weighted by Gasteiger charge is 2.35. The second-order valence-corrected chi connectivity index (χ2v) is 6.92. The van der Waals surface area contributed by atoms with Crippen LogP contribution >= 0.6 is 11.6 Å². The molecule has 0 fully saturated rings. The largest absolute Gasteiger partial charge is 0.434 e. The molecule has 0 aliphatic rings. The Kier molecular flexibility index (Phi) is 5.88. The summed E-state index contributed by atoms with van der Waals surface area (Å²) < 4.78 is 40.7. The van der Waals surface area contributed by atoms with E-state index in [-0.39, 0.29) is 17.1 Å². The quantitative estimate of drug-likeness (QED) is 0.422. The molecule has 29 heavy (non-hydrogen) atoms. The van der Waals surface area contributed by atoms with Crippen molar-refractivity contribution < 1.29 is 13.2 Å². The third-order valence-corrected chi connectivity index (χ3v) is 4.38. The predicted octanol–water partition coefficient (Wildman–Crippen LogP) is 5.20.